The molecule has 0 bridgehead atoms. The van der Waals surface area contributed by atoms with E-state index in [0.29, 0.717) is 29.5 Å². The van der Waals surface area contributed by atoms with E-state index in [2.05, 4.69) is 51.0 Å². The molecule has 0 unspecified atom stereocenters. The van der Waals surface area contributed by atoms with Crippen LogP contribution in [0.1, 0.15) is 115 Å². The number of aryl methyl sites for hydroxylation is 5. The number of phenols is 1. The maximum atomic E-state index is 13.6. The van der Waals surface area contributed by atoms with E-state index in [1.165, 1.54) is 11.6 Å². The Labute approximate surface area is 402 Å². The molecule has 0 aliphatic carbocycles. The number of benzene rings is 4. The molecule has 5 nitrogen and oxygen atoms in total. The van der Waals surface area contributed by atoms with Crippen molar-refractivity contribution in [3.63, 3.8) is 0 Å². The molecule has 17 heteroatoms. The van der Waals surface area contributed by atoms with Crippen LogP contribution in [-0.2, 0) is 29.8 Å². The Hall–Kier alpha value is -4.84. The predicted molar refractivity (Wildman–Crippen MR) is 248 cm³/mol. The third-order valence-electron chi connectivity index (χ3n) is 13.4. The first-order chi connectivity index (χ1) is 32.4. The number of rotatable bonds is 18. The lowest BCUT2D eigenvalue weighted by atomic mass is 9.69. The first-order valence-corrected chi connectivity index (χ1v) is 22.4. The molecular formula is C53H62F12O5. The fourth-order valence-electron chi connectivity index (χ4n) is 8.62. The molecule has 70 heavy (non-hydrogen) atoms. The van der Waals surface area contributed by atoms with Crippen LogP contribution in [0.3, 0.4) is 0 Å². The Morgan fingerprint density at radius 1 is 0.414 bits per heavy atom. The summed E-state index contributed by atoms with van der Waals surface area (Å²) < 4.78 is 180. The summed E-state index contributed by atoms with van der Waals surface area (Å²) in [4.78, 5) is 0. The van der Waals surface area contributed by atoms with Crippen molar-refractivity contribution in [3.05, 3.63) is 146 Å². The van der Waals surface area contributed by atoms with Gasteiger partial charge in [-0.25, -0.2) is 0 Å². The molecule has 0 saturated heterocycles. The minimum Gasteiger partial charge on any atom is -0.508 e. The summed E-state index contributed by atoms with van der Waals surface area (Å²) in [6, 6.07) is 21.7. The van der Waals surface area contributed by atoms with Gasteiger partial charge in [-0.1, -0.05) is 107 Å². The first kappa shape index (κ1) is 59.5. The minimum absolute atomic E-state index is 0.00967. The normalized spacial score (nSPS) is 13.6. The number of halogens is 12. The lowest BCUT2D eigenvalue weighted by Crippen LogP contribution is -2.57. The van der Waals surface area contributed by atoms with Crippen molar-refractivity contribution in [2.24, 2.45) is 0 Å². The monoisotopic (exact) mass is 1010 g/mol. The topological polar surface area (TPSA) is 57.2 Å². The molecule has 4 rings (SSSR count). The first-order valence-electron chi connectivity index (χ1n) is 22.4. The number of ether oxygens (including phenoxy) is 4. The van der Waals surface area contributed by atoms with Gasteiger partial charge in [0.1, 0.15) is 19.3 Å². The lowest BCUT2D eigenvalue weighted by molar-refractivity contribution is -0.372. The van der Waals surface area contributed by atoms with E-state index < -0.39 is 54.9 Å². The summed E-state index contributed by atoms with van der Waals surface area (Å²) in [5, 5.41) is 9.91. The number of aromatic hydroxyl groups is 1. The van der Waals surface area contributed by atoms with Gasteiger partial charge < -0.3 is 24.1 Å². The Morgan fingerprint density at radius 3 is 0.986 bits per heavy atom. The summed E-state index contributed by atoms with van der Waals surface area (Å²) >= 11 is 0. The summed E-state index contributed by atoms with van der Waals surface area (Å²) in [5.41, 5.74) is -1.38. The summed E-state index contributed by atoms with van der Waals surface area (Å²) in [6.45, 7) is 14.9. The molecule has 0 fully saturated rings. The van der Waals surface area contributed by atoms with Crippen molar-refractivity contribution in [2.75, 3.05) is 27.8 Å². The van der Waals surface area contributed by atoms with Gasteiger partial charge in [0.2, 0.25) is 0 Å². The van der Waals surface area contributed by atoms with Crippen molar-refractivity contribution >= 4 is 12.2 Å². The van der Waals surface area contributed by atoms with Crippen molar-refractivity contribution in [3.8, 4) is 5.75 Å². The van der Waals surface area contributed by atoms with Crippen LogP contribution in [0.5, 0.6) is 5.75 Å². The zero-order valence-corrected chi connectivity index (χ0v) is 41.1. The second-order valence-electron chi connectivity index (χ2n) is 17.3. The second kappa shape index (κ2) is 23.1. The van der Waals surface area contributed by atoms with Gasteiger partial charge in [-0.2, -0.15) is 52.7 Å². The van der Waals surface area contributed by atoms with Crippen molar-refractivity contribution in [2.45, 2.75) is 135 Å². The quantitative estimate of drug-likeness (QED) is 0.0795. The van der Waals surface area contributed by atoms with E-state index in [1.54, 1.807) is 51.1 Å². The number of alkyl halides is 12. The maximum absolute atomic E-state index is 13.6. The predicted octanol–water partition coefficient (Wildman–Crippen LogP) is 15.8. The Morgan fingerprint density at radius 2 is 0.714 bits per heavy atom. The molecule has 0 atom stereocenters. The average Bonchev–Trinajstić information content (AvgIpc) is 3.27. The van der Waals surface area contributed by atoms with Crippen LogP contribution in [0, 0.1) is 34.6 Å². The molecule has 0 saturated carbocycles. The molecular weight excluding hydrogens is 945 g/mol. The van der Waals surface area contributed by atoms with Crippen molar-refractivity contribution < 1.29 is 76.7 Å². The van der Waals surface area contributed by atoms with Crippen LogP contribution in [-0.4, -0.2) is 68.8 Å². The molecule has 0 amide bonds. The number of phenolic OH excluding ortho intramolecular Hbond substituents is 1. The van der Waals surface area contributed by atoms with E-state index >= 15 is 0 Å². The fourth-order valence-corrected chi connectivity index (χ4v) is 8.62. The van der Waals surface area contributed by atoms with Gasteiger partial charge in [-0.05, 0) is 140 Å². The highest BCUT2D eigenvalue weighted by Gasteiger charge is 2.72. The van der Waals surface area contributed by atoms with E-state index in [-0.39, 0.29) is 34.4 Å². The molecule has 0 heterocycles. The highest BCUT2D eigenvalue weighted by molar-refractivity contribution is 5.59. The number of hydrogen-bond acceptors (Lipinski definition) is 5. The minimum atomic E-state index is -5.76. The SMILES string of the molecule is CCC(CC)(c1ccc(C)c(C)c1)c1ccc(/C=C/C(OCOC)(C(F)(F)F)C(F)(F)F)c(C)c1.CCC(CC)(c1ccc(O)c(C)c1)c1ccc(/C=C/C(OCOC)(C(F)(F)F)C(F)(F)F)c(C)c1. The molecule has 0 radical (unpaired) electrons. The van der Waals surface area contributed by atoms with Crippen molar-refractivity contribution in [1.29, 1.82) is 0 Å². The molecule has 4 aromatic carbocycles. The van der Waals surface area contributed by atoms with Crippen LogP contribution in [0.2, 0.25) is 0 Å². The zero-order chi connectivity index (χ0) is 53.3. The van der Waals surface area contributed by atoms with Crippen LogP contribution in [0.15, 0.2) is 84.9 Å². The fraction of sp³-hybridized carbons (Fsp3) is 0.472. The van der Waals surface area contributed by atoms with Crippen LogP contribution >= 0.6 is 0 Å². The standard InChI is InChI=1S/C27H32F6O2.C26H30F6O3/c1-7-24(8-2,22-11-9-18(3)19(4)15-22)23-12-10-21(20(5)16-23)13-14-25(26(28,29)30,27(31,32)33)35-17-34-6;1-6-23(7-2,21-10-11-22(33)18(4)15-21)20-9-8-19(17(3)14-20)12-13-24(25(27,28)29,26(30,31)32)35-16-34-5/h9-16H,7-8,17H2,1-6H3;8-15,33H,6-7,16H2,1-5H3/b14-13+;13-12+. The summed E-state index contributed by atoms with van der Waals surface area (Å²) in [6.07, 6.45) is -18.5. The largest absolute Gasteiger partial charge is 0.508 e. The Balaban J connectivity index is 0.000000370. The van der Waals surface area contributed by atoms with Crippen LogP contribution < -0.4 is 0 Å². The van der Waals surface area contributed by atoms with E-state index in [1.807, 2.05) is 45.9 Å². The Bertz CT molecular complexity index is 2210. The van der Waals surface area contributed by atoms with Gasteiger partial charge in [-0.3, -0.25) is 0 Å². The highest BCUT2D eigenvalue weighted by atomic mass is 19.4. The third-order valence-corrected chi connectivity index (χ3v) is 13.4. The molecule has 1 N–H and O–H groups in total. The average molecular weight is 1010 g/mol. The van der Waals surface area contributed by atoms with Gasteiger partial charge in [-0.15, -0.1) is 0 Å². The van der Waals surface area contributed by atoms with Crippen LogP contribution in [0.25, 0.3) is 12.2 Å². The van der Waals surface area contributed by atoms with Crippen LogP contribution in [0.4, 0.5) is 52.7 Å². The van der Waals surface area contributed by atoms with E-state index in [9.17, 15) is 57.8 Å². The molecule has 0 spiro atoms. The molecule has 4 aromatic rings. The lowest BCUT2D eigenvalue weighted by Gasteiger charge is -2.35. The maximum Gasteiger partial charge on any atom is 0.430 e. The van der Waals surface area contributed by atoms with Gasteiger partial charge in [0.05, 0.1) is 0 Å². The van der Waals surface area contributed by atoms with Gasteiger partial charge in [0.25, 0.3) is 11.2 Å². The van der Waals surface area contributed by atoms with E-state index in [0.717, 1.165) is 67.0 Å². The third kappa shape index (κ3) is 12.2. The van der Waals surface area contributed by atoms with Crippen molar-refractivity contribution in [1.82, 2.24) is 0 Å². The second-order valence-corrected chi connectivity index (χ2v) is 17.3. The van der Waals surface area contributed by atoms with Gasteiger partial charge in [0.15, 0.2) is 0 Å². The number of hydrogen-bond donors (Lipinski definition) is 1. The summed E-state index contributed by atoms with van der Waals surface area (Å²) in [5.74, 6) is 0.167. The van der Waals surface area contributed by atoms with Gasteiger partial charge in [0, 0.05) is 25.0 Å². The molecule has 388 valence electrons. The molecule has 0 aliphatic rings. The molecule has 0 aromatic heterocycles. The Kier molecular flexibility index (Phi) is 19.7. The number of methoxy groups -OCH3 is 2. The smallest absolute Gasteiger partial charge is 0.430 e. The molecule has 0 aliphatic heterocycles. The summed E-state index contributed by atoms with van der Waals surface area (Å²) in [7, 11) is 1.89. The highest BCUT2D eigenvalue weighted by Crippen LogP contribution is 2.49. The van der Waals surface area contributed by atoms with Gasteiger partial charge >= 0.3 is 24.7 Å². The zero-order valence-electron chi connectivity index (χ0n) is 41.1. The van der Waals surface area contributed by atoms with E-state index in [4.69, 9.17) is 0 Å².